The minimum Gasteiger partial charge on any atom is -0.497 e. The summed E-state index contributed by atoms with van der Waals surface area (Å²) in [6, 6.07) is 34.2. The maximum Gasteiger partial charge on any atom is 0.131 e. The van der Waals surface area contributed by atoms with Gasteiger partial charge in [-0.15, -0.1) is 0 Å². The predicted octanol–water partition coefficient (Wildman–Crippen LogP) is 8.20. The summed E-state index contributed by atoms with van der Waals surface area (Å²) >= 11 is 0. The average Bonchev–Trinajstić information content (AvgIpc) is 3.60. The van der Waals surface area contributed by atoms with Crippen molar-refractivity contribution in [2.75, 3.05) is 7.11 Å². The van der Waals surface area contributed by atoms with E-state index in [1.807, 2.05) is 42.5 Å². The molecule has 0 fully saturated rings. The quantitative estimate of drug-likeness (QED) is 0.265. The maximum atomic E-state index is 16.2. The highest BCUT2D eigenvalue weighted by Gasteiger charge is 2.45. The van der Waals surface area contributed by atoms with Crippen LogP contribution in [0.4, 0.5) is 4.39 Å². The van der Waals surface area contributed by atoms with Crippen LogP contribution in [-0.4, -0.2) is 12.1 Å². The largest absolute Gasteiger partial charge is 0.497 e. The summed E-state index contributed by atoms with van der Waals surface area (Å²) in [5.41, 5.74) is 5.98. The highest BCUT2D eigenvalue weighted by molar-refractivity contribution is 5.99. The number of hydrogen-bond acceptors (Lipinski definition) is 1. The van der Waals surface area contributed by atoms with Gasteiger partial charge in [0.25, 0.3) is 0 Å². The number of hydrogen-bond donors (Lipinski definition) is 1. The minimum absolute atomic E-state index is 0.302. The summed E-state index contributed by atoms with van der Waals surface area (Å²) < 4.78 is 21.6. The van der Waals surface area contributed by atoms with Crippen molar-refractivity contribution in [1.29, 1.82) is 0 Å². The first-order chi connectivity index (χ1) is 17.7. The number of halogens is 1. The molecule has 1 N–H and O–H groups in total. The van der Waals surface area contributed by atoms with Gasteiger partial charge in [0.2, 0.25) is 0 Å². The molecule has 0 bridgehead atoms. The van der Waals surface area contributed by atoms with Gasteiger partial charge in [0.15, 0.2) is 0 Å². The fourth-order valence-corrected chi connectivity index (χ4v) is 5.62. The van der Waals surface area contributed by atoms with Gasteiger partial charge in [-0.3, -0.25) is 0 Å². The number of H-pyrrole nitrogens is 1. The lowest BCUT2D eigenvalue weighted by Gasteiger charge is -2.38. The molecule has 6 rings (SSSR count). The topological polar surface area (TPSA) is 25.0 Å². The van der Waals surface area contributed by atoms with Crippen LogP contribution in [0.2, 0.25) is 0 Å². The molecule has 0 saturated carbocycles. The minimum atomic E-state index is -0.884. The molecule has 0 radical (unpaired) electrons. The standard InChI is InChI=1S/C33H26FNO/c1-36-26-20-21-28(29(34)22-26)33(25-16-8-9-17-25,24-14-6-3-7-15-24)32-31(23-12-4-2-5-13-23)27-18-10-11-19-30(27)35-32/h2-16,18-22,35H,17H2,1H3/t33-/m1/s1. The Morgan fingerprint density at radius 3 is 2.25 bits per heavy atom. The monoisotopic (exact) mass is 471 g/mol. The van der Waals surface area contributed by atoms with E-state index in [-0.39, 0.29) is 5.82 Å². The number of aromatic nitrogens is 1. The Labute approximate surface area is 210 Å². The van der Waals surface area contributed by atoms with Crippen molar-refractivity contribution in [2.45, 2.75) is 11.8 Å². The Kier molecular flexibility index (Phi) is 5.54. The first-order valence-corrected chi connectivity index (χ1v) is 12.2. The highest BCUT2D eigenvalue weighted by Crippen LogP contribution is 2.52. The van der Waals surface area contributed by atoms with E-state index in [4.69, 9.17) is 4.74 Å². The van der Waals surface area contributed by atoms with Gasteiger partial charge in [-0.25, -0.2) is 4.39 Å². The molecular formula is C33H26FNO. The molecule has 1 heterocycles. The number of para-hydroxylation sites is 1. The number of benzene rings is 4. The molecule has 1 aromatic heterocycles. The average molecular weight is 472 g/mol. The molecular weight excluding hydrogens is 445 g/mol. The molecule has 2 nitrogen and oxygen atoms in total. The summed E-state index contributed by atoms with van der Waals surface area (Å²) in [6.45, 7) is 0. The lowest BCUT2D eigenvalue weighted by atomic mass is 9.65. The zero-order valence-corrected chi connectivity index (χ0v) is 20.0. The van der Waals surface area contributed by atoms with Gasteiger partial charge < -0.3 is 9.72 Å². The highest BCUT2D eigenvalue weighted by atomic mass is 19.1. The van der Waals surface area contributed by atoms with Crippen LogP contribution < -0.4 is 4.74 Å². The van der Waals surface area contributed by atoms with Crippen LogP contribution in [0.15, 0.2) is 127 Å². The van der Waals surface area contributed by atoms with Crippen molar-refractivity contribution in [3.05, 3.63) is 150 Å². The van der Waals surface area contributed by atoms with Crippen LogP contribution >= 0.6 is 0 Å². The van der Waals surface area contributed by atoms with Crippen molar-refractivity contribution >= 4 is 10.9 Å². The number of nitrogens with one attached hydrogen (secondary N) is 1. The second kappa shape index (κ2) is 9.01. The van der Waals surface area contributed by atoms with Gasteiger partial charge in [0.1, 0.15) is 11.6 Å². The summed E-state index contributed by atoms with van der Waals surface area (Å²) in [4.78, 5) is 3.77. The van der Waals surface area contributed by atoms with Crippen molar-refractivity contribution in [3.63, 3.8) is 0 Å². The van der Waals surface area contributed by atoms with E-state index >= 15 is 4.39 Å². The Hall–Kier alpha value is -4.37. The van der Waals surface area contributed by atoms with Crippen molar-refractivity contribution in [2.24, 2.45) is 0 Å². The van der Waals surface area contributed by atoms with E-state index in [2.05, 4.69) is 77.8 Å². The zero-order chi connectivity index (χ0) is 24.5. The van der Waals surface area contributed by atoms with Crippen molar-refractivity contribution < 1.29 is 9.13 Å². The SMILES string of the molecule is COc1ccc([C@](C2=CC=CC2)(c2ccccc2)c2[nH]c3ccccc3c2-c2ccccc2)c(F)c1. The third-order valence-corrected chi connectivity index (χ3v) is 7.18. The molecule has 4 aromatic carbocycles. The van der Waals surface area contributed by atoms with Crippen LogP contribution in [-0.2, 0) is 5.41 Å². The van der Waals surface area contributed by atoms with Crippen LogP contribution in [0.3, 0.4) is 0 Å². The van der Waals surface area contributed by atoms with E-state index in [9.17, 15) is 0 Å². The number of ether oxygens (including phenoxy) is 1. The molecule has 0 saturated heterocycles. The Balaban J connectivity index is 1.80. The maximum absolute atomic E-state index is 16.2. The third-order valence-electron chi connectivity index (χ3n) is 7.18. The number of allylic oxidation sites excluding steroid dienone is 4. The predicted molar refractivity (Wildman–Crippen MR) is 145 cm³/mol. The van der Waals surface area contributed by atoms with E-state index in [1.54, 1.807) is 7.11 Å². The van der Waals surface area contributed by atoms with E-state index in [0.29, 0.717) is 11.3 Å². The summed E-state index contributed by atoms with van der Waals surface area (Å²) in [5, 5.41) is 1.11. The molecule has 1 aliphatic carbocycles. The fraction of sp³-hybridized carbons (Fsp3) is 0.0909. The molecule has 0 aliphatic heterocycles. The van der Waals surface area contributed by atoms with Gasteiger partial charge in [-0.05, 0) is 35.3 Å². The number of methoxy groups -OCH3 is 1. The van der Waals surface area contributed by atoms with E-state index in [1.165, 1.54) is 6.07 Å². The number of aromatic amines is 1. The molecule has 0 amide bonds. The number of fused-ring (bicyclic) bond motifs is 1. The molecule has 176 valence electrons. The van der Waals surface area contributed by atoms with Gasteiger partial charge in [0, 0.05) is 33.8 Å². The molecule has 1 atom stereocenters. The summed E-state index contributed by atoms with van der Waals surface area (Å²) in [6.07, 6.45) is 7.07. The van der Waals surface area contributed by atoms with Gasteiger partial charge >= 0.3 is 0 Å². The van der Waals surface area contributed by atoms with Crippen LogP contribution in [0.1, 0.15) is 23.2 Å². The van der Waals surface area contributed by atoms with E-state index < -0.39 is 5.41 Å². The van der Waals surface area contributed by atoms with Crippen LogP contribution in [0.5, 0.6) is 5.75 Å². The van der Waals surface area contributed by atoms with Gasteiger partial charge in [0.05, 0.1) is 12.5 Å². The van der Waals surface area contributed by atoms with Gasteiger partial charge in [-0.1, -0.05) is 103 Å². The normalized spacial score (nSPS) is 14.6. The van der Waals surface area contributed by atoms with Crippen molar-refractivity contribution in [1.82, 2.24) is 4.98 Å². The van der Waals surface area contributed by atoms with Crippen LogP contribution in [0, 0.1) is 5.82 Å². The molecule has 5 aromatic rings. The molecule has 36 heavy (non-hydrogen) atoms. The molecule has 0 spiro atoms. The molecule has 1 aliphatic rings. The second-order valence-electron chi connectivity index (χ2n) is 9.07. The smallest absolute Gasteiger partial charge is 0.131 e. The Bertz CT molecular complexity index is 1600. The first kappa shape index (κ1) is 22.1. The molecule has 3 heteroatoms. The number of rotatable bonds is 6. The van der Waals surface area contributed by atoms with Crippen molar-refractivity contribution in [3.8, 4) is 16.9 Å². The van der Waals surface area contributed by atoms with Crippen LogP contribution in [0.25, 0.3) is 22.0 Å². The van der Waals surface area contributed by atoms with Gasteiger partial charge in [-0.2, -0.15) is 0 Å². The summed E-state index contributed by atoms with van der Waals surface area (Å²) in [7, 11) is 1.56. The lowest BCUT2D eigenvalue weighted by molar-refractivity contribution is 0.410. The third kappa shape index (κ3) is 3.39. The molecule has 0 unspecified atom stereocenters. The fourth-order valence-electron chi connectivity index (χ4n) is 5.62. The lowest BCUT2D eigenvalue weighted by Crippen LogP contribution is -2.33. The Morgan fingerprint density at radius 1 is 0.833 bits per heavy atom. The summed E-state index contributed by atoms with van der Waals surface area (Å²) in [5.74, 6) is 0.195. The first-order valence-electron chi connectivity index (χ1n) is 12.2. The zero-order valence-electron chi connectivity index (χ0n) is 20.0. The van der Waals surface area contributed by atoms with E-state index in [0.717, 1.165) is 45.3 Å². The Morgan fingerprint density at radius 2 is 1.56 bits per heavy atom. The second-order valence-corrected chi connectivity index (χ2v) is 9.07.